The van der Waals surface area contributed by atoms with Crippen LogP contribution >= 0.6 is 11.6 Å². The second kappa shape index (κ2) is 11.7. The minimum atomic E-state index is -4.19. The molecule has 0 aliphatic heterocycles. The number of aryl methyl sites for hydroxylation is 1. The number of sulfonamides is 1. The molecule has 1 aromatic carbocycles. The number of phenols is 2. The SMILES string of the molecule is CC(CO)c1ccc(S(=O)(=O)Nc2c(-c3ccc(O)c(O)c3)c(OCCOc3ncc(Cl)cn3)nn2C)nc1. The highest BCUT2D eigenvalue weighted by atomic mass is 35.5. The summed E-state index contributed by atoms with van der Waals surface area (Å²) in [5.41, 5.74) is 1.19. The van der Waals surface area contributed by atoms with Crippen molar-refractivity contribution in [2.75, 3.05) is 24.5 Å². The Labute approximate surface area is 228 Å². The molecule has 0 saturated carbocycles. The number of aliphatic hydroxyl groups is 1. The Morgan fingerprint density at radius 1 is 1.03 bits per heavy atom. The summed E-state index contributed by atoms with van der Waals surface area (Å²) in [6.07, 6.45) is 4.15. The third kappa shape index (κ3) is 6.47. The highest BCUT2D eigenvalue weighted by Crippen LogP contribution is 2.40. The Hall–Kier alpha value is -4.14. The van der Waals surface area contributed by atoms with Gasteiger partial charge in [-0.1, -0.05) is 30.7 Å². The van der Waals surface area contributed by atoms with E-state index in [4.69, 9.17) is 21.1 Å². The lowest BCUT2D eigenvalue weighted by Gasteiger charge is -2.12. The van der Waals surface area contributed by atoms with Gasteiger partial charge in [0.2, 0.25) is 5.88 Å². The summed E-state index contributed by atoms with van der Waals surface area (Å²) in [7, 11) is -2.68. The average Bonchev–Trinajstić information content (AvgIpc) is 3.22. The summed E-state index contributed by atoms with van der Waals surface area (Å²) in [4.78, 5) is 11.9. The summed E-state index contributed by atoms with van der Waals surface area (Å²) in [6, 6.07) is 6.97. The number of benzene rings is 1. The van der Waals surface area contributed by atoms with Crippen molar-refractivity contribution in [1.82, 2.24) is 24.7 Å². The van der Waals surface area contributed by atoms with E-state index < -0.39 is 15.8 Å². The van der Waals surface area contributed by atoms with Crippen molar-refractivity contribution in [2.45, 2.75) is 17.9 Å². The Kier molecular flexibility index (Phi) is 8.38. The summed E-state index contributed by atoms with van der Waals surface area (Å²) >= 11 is 5.77. The second-order valence-corrected chi connectivity index (χ2v) is 10.4. The van der Waals surface area contributed by atoms with Gasteiger partial charge in [-0.3, -0.25) is 4.72 Å². The monoisotopic (exact) mass is 576 g/mol. The van der Waals surface area contributed by atoms with E-state index in [-0.39, 0.29) is 59.8 Å². The first-order valence-corrected chi connectivity index (χ1v) is 13.4. The fourth-order valence-corrected chi connectivity index (χ4v) is 4.56. The molecule has 1 unspecified atom stereocenters. The molecule has 0 amide bonds. The molecule has 0 aliphatic rings. The Morgan fingerprint density at radius 2 is 1.74 bits per heavy atom. The van der Waals surface area contributed by atoms with Crippen LogP contribution in [-0.2, 0) is 17.1 Å². The predicted octanol–water partition coefficient (Wildman–Crippen LogP) is 2.69. The lowest BCUT2D eigenvalue weighted by atomic mass is 10.1. The van der Waals surface area contributed by atoms with Crippen LogP contribution in [0.1, 0.15) is 18.4 Å². The van der Waals surface area contributed by atoms with Crippen LogP contribution in [0.3, 0.4) is 0 Å². The number of aromatic hydroxyl groups is 2. The van der Waals surface area contributed by atoms with Gasteiger partial charge in [-0.05, 0) is 29.3 Å². The molecule has 15 heteroatoms. The molecule has 3 aromatic heterocycles. The molecular formula is C24H25ClN6O7S. The van der Waals surface area contributed by atoms with E-state index in [2.05, 4.69) is 24.8 Å². The van der Waals surface area contributed by atoms with Crippen molar-refractivity contribution in [1.29, 1.82) is 0 Å². The van der Waals surface area contributed by atoms with Gasteiger partial charge < -0.3 is 24.8 Å². The topological polar surface area (TPSA) is 182 Å². The fraction of sp³-hybridized carbons (Fsp3) is 0.250. The number of nitrogens with one attached hydrogen (secondary N) is 1. The molecular weight excluding hydrogens is 552 g/mol. The van der Waals surface area contributed by atoms with E-state index >= 15 is 0 Å². The first-order valence-electron chi connectivity index (χ1n) is 11.5. The van der Waals surface area contributed by atoms with Gasteiger partial charge in [0.25, 0.3) is 10.0 Å². The van der Waals surface area contributed by atoms with Gasteiger partial charge in [-0.15, -0.1) is 5.10 Å². The van der Waals surface area contributed by atoms with Crippen LogP contribution in [0.15, 0.2) is 53.9 Å². The molecule has 0 spiro atoms. The van der Waals surface area contributed by atoms with Crippen molar-refractivity contribution in [3.05, 3.63) is 59.5 Å². The van der Waals surface area contributed by atoms with Gasteiger partial charge in [0.05, 0.1) is 23.0 Å². The zero-order chi connectivity index (χ0) is 28.2. The molecule has 3 heterocycles. The Balaban J connectivity index is 1.62. The van der Waals surface area contributed by atoms with E-state index in [1.807, 2.05) is 0 Å². The third-order valence-electron chi connectivity index (χ3n) is 5.54. The zero-order valence-electron chi connectivity index (χ0n) is 20.8. The lowest BCUT2D eigenvalue weighted by Crippen LogP contribution is -2.17. The molecule has 1 atom stereocenters. The summed E-state index contributed by atoms with van der Waals surface area (Å²) in [6.45, 7) is 1.69. The fourth-order valence-electron chi connectivity index (χ4n) is 3.43. The van der Waals surface area contributed by atoms with Crippen LogP contribution in [0.25, 0.3) is 11.1 Å². The normalized spacial score (nSPS) is 12.2. The molecule has 13 nitrogen and oxygen atoms in total. The standard InChI is InChI=1S/C24H25ClN6O7S/c1-14(13-32)16-4-6-20(26-10-16)39(35,36)30-22-21(15-3-5-18(33)19(34)9-15)23(29-31(22)2)37-7-8-38-24-27-11-17(25)12-28-24/h3-6,9-12,14,30,32-34H,7-8,13H2,1-2H3. The number of ether oxygens (including phenoxy) is 2. The number of aliphatic hydroxyl groups excluding tert-OH is 1. The number of rotatable bonds is 11. The Bertz CT molecular complexity index is 1550. The van der Waals surface area contributed by atoms with E-state index in [9.17, 15) is 23.7 Å². The van der Waals surface area contributed by atoms with Gasteiger partial charge >= 0.3 is 6.01 Å². The van der Waals surface area contributed by atoms with Crippen LogP contribution in [-0.4, -0.2) is 68.3 Å². The molecule has 0 saturated heterocycles. The van der Waals surface area contributed by atoms with Crippen LogP contribution in [0, 0.1) is 0 Å². The number of halogens is 1. The lowest BCUT2D eigenvalue weighted by molar-refractivity contribution is 0.201. The van der Waals surface area contributed by atoms with Crippen molar-refractivity contribution in [2.24, 2.45) is 7.05 Å². The minimum Gasteiger partial charge on any atom is -0.504 e. The Morgan fingerprint density at radius 3 is 2.38 bits per heavy atom. The third-order valence-corrected chi connectivity index (χ3v) is 6.99. The smallest absolute Gasteiger partial charge is 0.316 e. The first-order chi connectivity index (χ1) is 18.6. The van der Waals surface area contributed by atoms with Crippen LogP contribution in [0.2, 0.25) is 5.02 Å². The van der Waals surface area contributed by atoms with E-state index in [0.29, 0.717) is 16.1 Å². The van der Waals surface area contributed by atoms with Crippen molar-refractivity contribution < 1.29 is 33.2 Å². The minimum absolute atomic E-state index is 0.0156. The number of nitrogens with zero attached hydrogens (tertiary/aromatic N) is 5. The largest absolute Gasteiger partial charge is 0.504 e. The number of phenolic OH excluding ortho intramolecular Hbond substituents is 2. The van der Waals surface area contributed by atoms with Crippen molar-refractivity contribution in [3.63, 3.8) is 0 Å². The molecule has 0 bridgehead atoms. The van der Waals surface area contributed by atoms with E-state index in [1.165, 1.54) is 54.6 Å². The van der Waals surface area contributed by atoms with Crippen LogP contribution in [0.5, 0.6) is 23.4 Å². The summed E-state index contributed by atoms with van der Waals surface area (Å²) < 4.78 is 41.4. The van der Waals surface area contributed by atoms with Crippen LogP contribution in [0.4, 0.5) is 5.82 Å². The van der Waals surface area contributed by atoms with Crippen molar-refractivity contribution in [3.8, 4) is 34.5 Å². The number of hydrogen-bond donors (Lipinski definition) is 4. The zero-order valence-corrected chi connectivity index (χ0v) is 22.4. The molecule has 206 valence electrons. The van der Waals surface area contributed by atoms with Gasteiger partial charge in [-0.25, -0.2) is 19.6 Å². The molecule has 4 rings (SSSR count). The highest BCUT2D eigenvalue weighted by Gasteiger charge is 2.26. The maximum Gasteiger partial charge on any atom is 0.316 e. The number of hydrogen-bond acceptors (Lipinski definition) is 11. The average molecular weight is 577 g/mol. The van der Waals surface area contributed by atoms with Crippen molar-refractivity contribution >= 4 is 27.4 Å². The van der Waals surface area contributed by atoms with Crippen LogP contribution < -0.4 is 14.2 Å². The number of pyridine rings is 1. The molecule has 0 fully saturated rings. The highest BCUT2D eigenvalue weighted by molar-refractivity contribution is 7.92. The van der Waals surface area contributed by atoms with E-state index in [1.54, 1.807) is 13.0 Å². The van der Waals surface area contributed by atoms with Gasteiger partial charge in [0.1, 0.15) is 19.0 Å². The van der Waals surface area contributed by atoms with E-state index in [0.717, 1.165) is 0 Å². The maximum atomic E-state index is 13.2. The van der Waals surface area contributed by atoms with Gasteiger partial charge in [0, 0.05) is 25.8 Å². The molecule has 4 aromatic rings. The maximum absolute atomic E-state index is 13.2. The predicted molar refractivity (Wildman–Crippen MR) is 141 cm³/mol. The first kappa shape index (κ1) is 27.9. The van der Waals surface area contributed by atoms with Gasteiger partial charge in [0.15, 0.2) is 16.5 Å². The number of anilines is 1. The molecule has 4 N–H and O–H groups in total. The summed E-state index contributed by atoms with van der Waals surface area (Å²) in [5.74, 6) is -0.935. The summed E-state index contributed by atoms with van der Waals surface area (Å²) in [5, 5.41) is 33.6. The molecule has 0 aliphatic carbocycles. The van der Waals surface area contributed by atoms with Gasteiger partial charge in [-0.2, -0.15) is 8.42 Å². The second-order valence-electron chi connectivity index (χ2n) is 8.36. The molecule has 0 radical (unpaired) electrons. The molecule has 39 heavy (non-hydrogen) atoms. The quantitative estimate of drug-likeness (QED) is 0.152. The number of aromatic nitrogens is 5.